The number of fused-ring (bicyclic) bond motifs is 1. The van der Waals surface area contributed by atoms with Crippen molar-refractivity contribution in [2.24, 2.45) is 5.92 Å². The highest BCUT2D eigenvalue weighted by atomic mass is 19.4. The van der Waals surface area contributed by atoms with Crippen LogP contribution in [0.1, 0.15) is 35.3 Å². The van der Waals surface area contributed by atoms with Crippen molar-refractivity contribution in [1.29, 1.82) is 0 Å². The number of nitrogens with zero attached hydrogens (tertiary/aromatic N) is 3. The fraction of sp³-hybridized carbons (Fsp3) is 0.355. The van der Waals surface area contributed by atoms with Gasteiger partial charge in [-0.05, 0) is 61.5 Å². The molecule has 44 heavy (non-hydrogen) atoms. The molecule has 3 aromatic rings. The number of urea groups is 1. The number of ether oxygens (including phenoxy) is 1. The fourth-order valence-corrected chi connectivity index (χ4v) is 4.75. The maximum Gasteiger partial charge on any atom is 0.416 e. The van der Waals surface area contributed by atoms with Gasteiger partial charge in [-0.2, -0.15) is 13.2 Å². The number of anilines is 2. The summed E-state index contributed by atoms with van der Waals surface area (Å²) in [5.41, 5.74) is 0.727. The van der Waals surface area contributed by atoms with Crippen molar-refractivity contribution < 1.29 is 37.4 Å². The molecule has 234 valence electrons. The van der Waals surface area contributed by atoms with E-state index in [0.29, 0.717) is 22.6 Å². The summed E-state index contributed by atoms with van der Waals surface area (Å²) in [6.45, 7) is 3.65. The number of hydrogen-bond acceptors (Lipinski definition) is 6. The molecule has 0 saturated carbocycles. The normalized spacial score (nSPS) is 17.7. The number of aromatic nitrogens is 1. The van der Waals surface area contributed by atoms with Crippen LogP contribution < -0.4 is 15.4 Å². The Bertz CT molecular complexity index is 1470. The number of benzene rings is 2. The van der Waals surface area contributed by atoms with Gasteiger partial charge in [-0.3, -0.25) is 14.6 Å². The Balaban J connectivity index is 1.55. The Morgan fingerprint density at radius 3 is 2.39 bits per heavy atom. The summed E-state index contributed by atoms with van der Waals surface area (Å²) in [6, 6.07) is 11.2. The zero-order chi connectivity index (χ0) is 32.0. The van der Waals surface area contributed by atoms with E-state index in [1.165, 1.54) is 36.5 Å². The van der Waals surface area contributed by atoms with E-state index in [1.807, 2.05) is 6.92 Å². The largest absolute Gasteiger partial charge is 0.488 e. The van der Waals surface area contributed by atoms with Crippen LogP contribution in [0.15, 0.2) is 67.0 Å². The molecule has 13 heteroatoms. The third-order valence-electron chi connectivity index (χ3n) is 7.38. The van der Waals surface area contributed by atoms with Gasteiger partial charge in [-0.15, -0.1) is 0 Å². The van der Waals surface area contributed by atoms with E-state index < -0.39 is 29.9 Å². The fourth-order valence-electron chi connectivity index (χ4n) is 4.75. The monoisotopic (exact) mass is 613 g/mol. The van der Waals surface area contributed by atoms with Crippen LogP contribution in [0.3, 0.4) is 0 Å². The molecule has 1 aliphatic rings. The van der Waals surface area contributed by atoms with Gasteiger partial charge >= 0.3 is 12.2 Å². The van der Waals surface area contributed by atoms with Crippen LogP contribution in [0.25, 0.3) is 0 Å². The first kappa shape index (κ1) is 32.3. The Labute approximate surface area is 252 Å². The van der Waals surface area contributed by atoms with Crippen molar-refractivity contribution in [3.8, 4) is 5.75 Å². The van der Waals surface area contributed by atoms with Gasteiger partial charge in [-0.25, -0.2) is 4.79 Å². The van der Waals surface area contributed by atoms with Crippen LogP contribution in [0, 0.1) is 5.92 Å². The van der Waals surface area contributed by atoms with E-state index in [4.69, 9.17) is 4.74 Å². The lowest BCUT2D eigenvalue weighted by atomic mass is 10.0. The van der Waals surface area contributed by atoms with E-state index in [0.717, 1.165) is 12.1 Å². The van der Waals surface area contributed by atoms with Gasteiger partial charge in [0.1, 0.15) is 11.9 Å². The summed E-state index contributed by atoms with van der Waals surface area (Å²) < 4.78 is 45.1. The summed E-state index contributed by atoms with van der Waals surface area (Å²) >= 11 is 0. The first-order valence-electron chi connectivity index (χ1n) is 14.0. The lowest BCUT2D eigenvalue weighted by Crippen LogP contribution is -2.48. The molecular weight excluding hydrogens is 579 g/mol. The van der Waals surface area contributed by atoms with Crippen LogP contribution in [-0.4, -0.2) is 76.6 Å². The minimum atomic E-state index is -4.49. The molecule has 0 fully saturated rings. The van der Waals surface area contributed by atoms with Gasteiger partial charge in [0.05, 0.1) is 31.2 Å². The first-order valence-corrected chi connectivity index (χ1v) is 14.0. The SMILES string of the molecule is C[C@@H]1CN([C@@H](C)CO)C(=O)Cc2cc(NC(=O)c3ccncc3)ccc2O[C@@H]1CN(C)C(=O)Nc1ccc(C(F)(F)F)cc1. The van der Waals surface area contributed by atoms with Crippen LogP contribution in [0.2, 0.25) is 0 Å². The predicted octanol–water partition coefficient (Wildman–Crippen LogP) is 4.67. The molecule has 0 radical (unpaired) electrons. The number of aliphatic hydroxyl groups excluding tert-OH is 1. The van der Waals surface area contributed by atoms with Gasteiger partial charge < -0.3 is 30.3 Å². The Morgan fingerprint density at radius 1 is 1.09 bits per heavy atom. The highest BCUT2D eigenvalue weighted by molar-refractivity contribution is 6.04. The molecule has 10 nitrogen and oxygen atoms in total. The third-order valence-corrected chi connectivity index (χ3v) is 7.38. The van der Waals surface area contributed by atoms with Crippen LogP contribution in [0.4, 0.5) is 29.3 Å². The number of nitrogens with one attached hydrogen (secondary N) is 2. The smallest absolute Gasteiger partial charge is 0.416 e. The molecule has 4 amide bonds. The molecule has 0 unspecified atom stereocenters. The zero-order valence-corrected chi connectivity index (χ0v) is 24.5. The minimum Gasteiger partial charge on any atom is -0.488 e. The molecule has 4 rings (SSSR count). The molecule has 3 atom stereocenters. The standard InChI is InChI=1S/C31H34F3N5O5/c1-19-16-39(20(2)18-40)28(41)15-22-14-25(36-29(42)21-10-12-35-13-11-21)8-9-26(22)44-27(19)17-38(3)30(43)37-24-6-4-23(5-7-24)31(32,33)34/h4-14,19-20,27,40H,15-18H2,1-3H3,(H,36,42)(H,37,43)/t19-,20+,27-/m1/s1. The van der Waals surface area contributed by atoms with Crippen molar-refractivity contribution in [3.05, 3.63) is 83.7 Å². The molecule has 0 saturated heterocycles. The number of hydrogen-bond donors (Lipinski definition) is 3. The molecule has 2 heterocycles. The summed E-state index contributed by atoms with van der Waals surface area (Å²) in [6.07, 6.45) is -2.15. The van der Waals surface area contributed by atoms with E-state index in [9.17, 15) is 32.7 Å². The van der Waals surface area contributed by atoms with Crippen molar-refractivity contribution in [3.63, 3.8) is 0 Å². The number of alkyl halides is 3. The number of aliphatic hydroxyl groups is 1. The van der Waals surface area contributed by atoms with Crippen LogP contribution in [0.5, 0.6) is 5.75 Å². The summed E-state index contributed by atoms with van der Waals surface area (Å²) in [7, 11) is 1.53. The number of likely N-dealkylation sites (N-methyl/N-ethyl adjacent to an activating group) is 1. The number of pyridine rings is 1. The molecule has 0 bridgehead atoms. The van der Waals surface area contributed by atoms with Gasteiger partial charge in [-0.1, -0.05) is 6.92 Å². The Hall–Kier alpha value is -4.65. The minimum absolute atomic E-state index is 0.0532. The van der Waals surface area contributed by atoms with E-state index in [-0.39, 0.29) is 49.5 Å². The van der Waals surface area contributed by atoms with Gasteiger partial charge in [0.15, 0.2) is 0 Å². The quantitative estimate of drug-likeness (QED) is 0.356. The first-order chi connectivity index (χ1) is 20.8. The lowest BCUT2D eigenvalue weighted by molar-refractivity contribution is -0.137. The van der Waals surface area contributed by atoms with E-state index in [1.54, 1.807) is 42.2 Å². The van der Waals surface area contributed by atoms with Gasteiger partial charge in [0.25, 0.3) is 5.91 Å². The van der Waals surface area contributed by atoms with Gasteiger partial charge in [0, 0.05) is 54.4 Å². The number of rotatable bonds is 7. The molecule has 3 N–H and O–H groups in total. The number of carbonyl (C=O) groups is 3. The molecule has 0 aliphatic carbocycles. The maximum atomic E-state index is 13.4. The van der Waals surface area contributed by atoms with Crippen LogP contribution >= 0.6 is 0 Å². The molecule has 0 spiro atoms. The average molecular weight is 614 g/mol. The van der Waals surface area contributed by atoms with E-state index >= 15 is 0 Å². The highest BCUT2D eigenvalue weighted by Crippen LogP contribution is 2.31. The highest BCUT2D eigenvalue weighted by Gasteiger charge is 2.32. The number of carbonyl (C=O) groups excluding carboxylic acids is 3. The predicted molar refractivity (Wildman–Crippen MR) is 157 cm³/mol. The summed E-state index contributed by atoms with van der Waals surface area (Å²) in [4.78, 5) is 45.9. The van der Waals surface area contributed by atoms with Crippen molar-refractivity contribution in [2.75, 3.05) is 37.4 Å². The van der Waals surface area contributed by atoms with Crippen molar-refractivity contribution >= 4 is 29.2 Å². The zero-order valence-electron chi connectivity index (χ0n) is 24.5. The van der Waals surface area contributed by atoms with E-state index in [2.05, 4.69) is 15.6 Å². The second kappa shape index (κ2) is 13.8. The molecule has 1 aliphatic heterocycles. The summed E-state index contributed by atoms with van der Waals surface area (Å²) in [5, 5.41) is 15.3. The molecule has 2 aromatic carbocycles. The second-order valence-corrected chi connectivity index (χ2v) is 10.8. The number of amides is 4. The van der Waals surface area contributed by atoms with Crippen LogP contribution in [-0.2, 0) is 17.4 Å². The molecule has 1 aromatic heterocycles. The second-order valence-electron chi connectivity index (χ2n) is 10.8. The lowest BCUT2D eigenvalue weighted by Gasteiger charge is -2.34. The topological polar surface area (TPSA) is 124 Å². The van der Waals surface area contributed by atoms with Gasteiger partial charge in [0.2, 0.25) is 5.91 Å². The molecular formula is C31H34F3N5O5. The summed E-state index contributed by atoms with van der Waals surface area (Å²) in [5.74, 6) is -0.501. The van der Waals surface area contributed by atoms with Crippen molar-refractivity contribution in [1.82, 2.24) is 14.8 Å². The Morgan fingerprint density at radius 2 is 1.75 bits per heavy atom. The Kier molecular flexibility index (Phi) is 10.1. The number of halogens is 3. The van der Waals surface area contributed by atoms with Crippen molar-refractivity contribution in [2.45, 2.75) is 38.6 Å². The maximum absolute atomic E-state index is 13.4. The third kappa shape index (κ3) is 8.04. The average Bonchev–Trinajstić information content (AvgIpc) is 3.04.